The van der Waals surface area contributed by atoms with E-state index in [0.29, 0.717) is 24.4 Å². The standard InChI is InChI=1S/C23H24N2O3S/c26-23(20-8-4-12-24-14-20)11-3-7-19-15-25(16-22(19)23)29(27,28)21-10-9-17-5-1-2-6-18(17)13-21/h1-2,4-6,8-10,12-14,19,22,26H,3,7,11,15-16H2/t19-,22+,23-/m0/s1. The first kappa shape index (κ1) is 18.7. The average Bonchev–Trinajstić information content (AvgIpc) is 3.21. The molecule has 6 heteroatoms. The first-order valence-electron chi connectivity index (χ1n) is 10.1. The van der Waals surface area contributed by atoms with Gasteiger partial charge < -0.3 is 5.11 Å². The number of fused-ring (bicyclic) bond motifs is 2. The number of aromatic nitrogens is 1. The molecule has 1 aromatic heterocycles. The van der Waals surface area contributed by atoms with E-state index in [9.17, 15) is 13.5 Å². The van der Waals surface area contributed by atoms with Crippen molar-refractivity contribution in [1.82, 2.24) is 9.29 Å². The zero-order valence-electron chi connectivity index (χ0n) is 16.1. The fraction of sp³-hybridized carbons (Fsp3) is 0.348. The van der Waals surface area contributed by atoms with Gasteiger partial charge in [-0.25, -0.2) is 8.42 Å². The van der Waals surface area contributed by atoms with Gasteiger partial charge in [0, 0.05) is 37.0 Å². The van der Waals surface area contributed by atoms with E-state index in [1.165, 1.54) is 0 Å². The number of benzene rings is 2. The summed E-state index contributed by atoms with van der Waals surface area (Å²) in [5.74, 6) is 0.0415. The van der Waals surface area contributed by atoms with E-state index >= 15 is 0 Å². The molecule has 0 unspecified atom stereocenters. The van der Waals surface area contributed by atoms with Crippen LogP contribution in [0.25, 0.3) is 10.8 Å². The minimum absolute atomic E-state index is 0.115. The van der Waals surface area contributed by atoms with Gasteiger partial charge in [-0.1, -0.05) is 36.4 Å². The molecule has 29 heavy (non-hydrogen) atoms. The molecule has 2 heterocycles. The van der Waals surface area contributed by atoms with E-state index in [2.05, 4.69) is 4.98 Å². The van der Waals surface area contributed by atoms with Gasteiger partial charge in [0.05, 0.1) is 10.5 Å². The second-order valence-corrected chi connectivity index (χ2v) is 10.2. The van der Waals surface area contributed by atoms with Gasteiger partial charge >= 0.3 is 0 Å². The van der Waals surface area contributed by atoms with Crippen LogP contribution in [0.2, 0.25) is 0 Å². The van der Waals surface area contributed by atoms with Crippen molar-refractivity contribution in [2.45, 2.75) is 29.8 Å². The van der Waals surface area contributed by atoms with Crippen LogP contribution in [-0.2, 0) is 15.6 Å². The molecule has 3 atom stereocenters. The van der Waals surface area contributed by atoms with Gasteiger partial charge in [0.15, 0.2) is 0 Å². The fourth-order valence-electron chi connectivity index (χ4n) is 5.13. The molecule has 1 aliphatic carbocycles. The van der Waals surface area contributed by atoms with Crippen LogP contribution in [-0.4, -0.2) is 35.9 Å². The molecule has 150 valence electrons. The van der Waals surface area contributed by atoms with Crippen LogP contribution < -0.4 is 0 Å². The predicted octanol–water partition coefficient (Wildman–Crippen LogP) is 3.54. The maximum Gasteiger partial charge on any atom is 0.243 e. The number of sulfonamides is 1. The zero-order valence-corrected chi connectivity index (χ0v) is 16.9. The monoisotopic (exact) mass is 408 g/mol. The van der Waals surface area contributed by atoms with Gasteiger partial charge in [-0.15, -0.1) is 0 Å². The van der Waals surface area contributed by atoms with Crippen molar-refractivity contribution in [3.63, 3.8) is 0 Å². The Balaban J connectivity index is 1.48. The lowest BCUT2D eigenvalue weighted by Crippen LogP contribution is -2.43. The molecule has 2 fully saturated rings. The van der Waals surface area contributed by atoms with Crippen LogP contribution >= 0.6 is 0 Å². The van der Waals surface area contributed by atoms with Gasteiger partial charge in [-0.2, -0.15) is 4.31 Å². The van der Waals surface area contributed by atoms with Crippen molar-refractivity contribution >= 4 is 20.8 Å². The average molecular weight is 409 g/mol. The van der Waals surface area contributed by atoms with Gasteiger partial charge in [-0.3, -0.25) is 4.98 Å². The molecule has 2 aromatic carbocycles. The zero-order chi connectivity index (χ0) is 20.1. The summed E-state index contributed by atoms with van der Waals surface area (Å²) in [6, 6.07) is 16.8. The lowest BCUT2D eigenvalue weighted by atomic mass is 9.68. The third-order valence-electron chi connectivity index (χ3n) is 6.67. The van der Waals surface area contributed by atoms with Crippen molar-refractivity contribution in [2.24, 2.45) is 11.8 Å². The summed E-state index contributed by atoms with van der Waals surface area (Å²) in [5, 5.41) is 13.5. The normalized spacial score (nSPS) is 27.8. The Morgan fingerprint density at radius 1 is 1.03 bits per heavy atom. The molecule has 1 saturated heterocycles. The molecule has 0 spiro atoms. The molecule has 5 rings (SSSR count). The molecule has 3 aromatic rings. The topological polar surface area (TPSA) is 70.5 Å². The van der Waals surface area contributed by atoms with Crippen molar-refractivity contribution in [3.8, 4) is 0 Å². The molecule has 0 bridgehead atoms. The summed E-state index contributed by atoms with van der Waals surface area (Å²) in [6.07, 6.45) is 5.87. The lowest BCUT2D eigenvalue weighted by Gasteiger charge is -2.41. The van der Waals surface area contributed by atoms with Crippen molar-refractivity contribution < 1.29 is 13.5 Å². The lowest BCUT2D eigenvalue weighted by molar-refractivity contribution is -0.0643. The van der Waals surface area contributed by atoms with Gasteiger partial charge in [-0.05, 0) is 54.2 Å². The molecular weight excluding hydrogens is 384 g/mol. The summed E-state index contributed by atoms with van der Waals surface area (Å²) < 4.78 is 28.4. The molecule has 1 saturated carbocycles. The van der Waals surface area contributed by atoms with E-state index in [1.54, 1.807) is 28.8 Å². The summed E-state index contributed by atoms with van der Waals surface area (Å²) >= 11 is 0. The molecular formula is C23H24N2O3S. The summed E-state index contributed by atoms with van der Waals surface area (Å²) in [6.45, 7) is 0.799. The van der Waals surface area contributed by atoms with Gasteiger partial charge in [0.2, 0.25) is 10.0 Å². The Kier molecular flexibility index (Phi) is 4.46. The van der Waals surface area contributed by atoms with Crippen LogP contribution in [0.15, 0.2) is 71.9 Å². The highest BCUT2D eigenvalue weighted by Crippen LogP contribution is 2.49. The van der Waals surface area contributed by atoms with E-state index in [0.717, 1.165) is 29.2 Å². The molecule has 0 amide bonds. The largest absolute Gasteiger partial charge is 0.385 e. The smallest absolute Gasteiger partial charge is 0.243 e. The Morgan fingerprint density at radius 2 is 1.86 bits per heavy atom. The van der Waals surface area contributed by atoms with Crippen LogP contribution in [0.1, 0.15) is 24.8 Å². The minimum atomic E-state index is -3.61. The van der Waals surface area contributed by atoms with E-state index in [-0.39, 0.29) is 11.8 Å². The number of rotatable bonds is 3. The van der Waals surface area contributed by atoms with Crippen LogP contribution in [0.4, 0.5) is 0 Å². The van der Waals surface area contributed by atoms with E-state index in [1.807, 2.05) is 42.5 Å². The minimum Gasteiger partial charge on any atom is -0.385 e. The van der Waals surface area contributed by atoms with Crippen molar-refractivity contribution in [3.05, 3.63) is 72.6 Å². The SMILES string of the molecule is O=S(=O)(c1ccc2ccccc2c1)N1C[C@@H]2CCC[C@](O)(c3cccnc3)[C@@H]2C1. The summed E-state index contributed by atoms with van der Waals surface area (Å²) in [4.78, 5) is 4.49. The van der Waals surface area contributed by atoms with Crippen LogP contribution in [0, 0.1) is 11.8 Å². The van der Waals surface area contributed by atoms with E-state index < -0.39 is 15.6 Å². The predicted molar refractivity (Wildman–Crippen MR) is 112 cm³/mol. The fourth-order valence-corrected chi connectivity index (χ4v) is 6.69. The van der Waals surface area contributed by atoms with Crippen LogP contribution in [0.3, 0.4) is 0 Å². The number of hydrogen-bond acceptors (Lipinski definition) is 4. The van der Waals surface area contributed by atoms with Gasteiger partial charge in [0.25, 0.3) is 0 Å². The Hall–Kier alpha value is -2.28. The highest BCUT2D eigenvalue weighted by molar-refractivity contribution is 7.89. The number of hydrogen-bond donors (Lipinski definition) is 1. The number of aliphatic hydroxyl groups is 1. The highest BCUT2D eigenvalue weighted by Gasteiger charge is 2.52. The third-order valence-corrected chi connectivity index (χ3v) is 8.50. The summed E-state index contributed by atoms with van der Waals surface area (Å²) in [7, 11) is -3.61. The third kappa shape index (κ3) is 3.06. The molecule has 5 nitrogen and oxygen atoms in total. The highest BCUT2D eigenvalue weighted by atomic mass is 32.2. The summed E-state index contributed by atoms with van der Waals surface area (Å²) in [5.41, 5.74) is -0.232. The maximum absolute atomic E-state index is 13.4. The molecule has 1 aliphatic heterocycles. The van der Waals surface area contributed by atoms with Crippen molar-refractivity contribution in [2.75, 3.05) is 13.1 Å². The second kappa shape index (κ2) is 6.90. The molecule has 0 radical (unpaired) electrons. The first-order valence-corrected chi connectivity index (χ1v) is 11.5. The quantitative estimate of drug-likeness (QED) is 0.720. The molecule has 1 N–H and O–H groups in total. The Bertz CT molecular complexity index is 1150. The second-order valence-electron chi connectivity index (χ2n) is 8.26. The Labute approximate surface area is 171 Å². The maximum atomic E-state index is 13.4. The number of nitrogens with zero attached hydrogens (tertiary/aromatic N) is 2. The number of pyridine rings is 1. The van der Waals surface area contributed by atoms with Crippen LogP contribution in [0.5, 0.6) is 0 Å². The van der Waals surface area contributed by atoms with E-state index in [4.69, 9.17) is 0 Å². The molecule has 2 aliphatic rings. The first-order chi connectivity index (χ1) is 14.0. The Morgan fingerprint density at radius 3 is 2.66 bits per heavy atom. The van der Waals surface area contributed by atoms with Gasteiger partial charge in [0.1, 0.15) is 0 Å². The van der Waals surface area contributed by atoms with Crippen molar-refractivity contribution in [1.29, 1.82) is 0 Å².